The minimum absolute atomic E-state index is 0.280. The summed E-state index contributed by atoms with van der Waals surface area (Å²) in [6.07, 6.45) is 0.960. The highest BCUT2D eigenvalue weighted by molar-refractivity contribution is 6.62. The lowest BCUT2D eigenvalue weighted by Gasteiger charge is -2.30. The molecule has 0 heterocycles. The van der Waals surface area contributed by atoms with Gasteiger partial charge in [-0.05, 0) is 13.0 Å². The molecule has 0 aromatic heterocycles. The summed E-state index contributed by atoms with van der Waals surface area (Å²) >= 11 is 0. The van der Waals surface area contributed by atoms with Crippen LogP contribution in [0, 0.1) is 0 Å². The van der Waals surface area contributed by atoms with E-state index < -0.39 is 8.80 Å². The van der Waals surface area contributed by atoms with Crippen LogP contribution in [0.1, 0.15) is 13.3 Å². The van der Waals surface area contributed by atoms with Crippen LogP contribution in [0.4, 0.5) is 0 Å². The van der Waals surface area contributed by atoms with E-state index in [0.717, 1.165) is 19.5 Å². The molecule has 1 unspecified atom stereocenters. The second kappa shape index (κ2) is 8.20. The van der Waals surface area contributed by atoms with Gasteiger partial charge in [0.15, 0.2) is 0 Å². The molecule has 1 atom stereocenters. The van der Waals surface area contributed by atoms with Gasteiger partial charge in [-0.3, -0.25) is 0 Å². The van der Waals surface area contributed by atoms with Crippen molar-refractivity contribution in [2.75, 3.05) is 41.0 Å². The van der Waals surface area contributed by atoms with E-state index in [1.807, 2.05) is 0 Å². The van der Waals surface area contributed by atoms with Gasteiger partial charge in [-0.2, -0.15) is 0 Å². The highest BCUT2D eigenvalue weighted by Gasteiger charge is 2.43. The summed E-state index contributed by atoms with van der Waals surface area (Å²) in [4.78, 5) is 0. The third kappa shape index (κ3) is 4.58. The van der Waals surface area contributed by atoms with Crippen molar-refractivity contribution in [3.8, 4) is 0 Å². The lowest BCUT2D eigenvalue weighted by Crippen LogP contribution is -2.47. The fourth-order valence-corrected chi connectivity index (χ4v) is 3.78. The summed E-state index contributed by atoms with van der Waals surface area (Å²) in [5, 5.41) is 3.24. The quantitative estimate of drug-likeness (QED) is 0.442. The molecule has 15 heavy (non-hydrogen) atoms. The fraction of sp³-hybridized carbons (Fsp3) is 1.00. The van der Waals surface area contributed by atoms with Gasteiger partial charge in [0.2, 0.25) is 0 Å². The molecule has 0 saturated heterocycles. The van der Waals surface area contributed by atoms with Crippen molar-refractivity contribution in [1.29, 1.82) is 0 Å². The zero-order valence-corrected chi connectivity index (χ0v) is 11.2. The number of nitrogens with one attached hydrogen (secondary N) is 1. The first kappa shape index (κ1) is 15.0. The number of hydrogen-bond donors (Lipinski definition) is 2. The average Bonchev–Trinajstić information content (AvgIpc) is 2.28. The highest BCUT2D eigenvalue weighted by atomic mass is 28.4. The maximum absolute atomic E-state index is 5.40. The summed E-state index contributed by atoms with van der Waals surface area (Å²) in [5.41, 5.74) is 5.66. The van der Waals surface area contributed by atoms with Crippen LogP contribution in [0.5, 0.6) is 0 Å². The van der Waals surface area contributed by atoms with Gasteiger partial charge < -0.3 is 24.3 Å². The molecule has 0 bridgehead atoms. The molecule has 92 valence electrons. The molecular formula is C9H24N2O3Si. The molecule has 0 aliphatic heterocycles. The summed E-state index contributed by atoms with van der Waals surface area (Å²) in [7, 11) is 2.47. The van der Waals surface area contributed by atoms with Crippen molar-refractivity contribution in [2.45, 2.75) is 18.9 Å². The van der Waals surface area contributed by atoms with Gasteiger partial charge in [0.25, 0.3) is 0 Å². The Morgan fingerprint density at radius 1 is 1.13 bits per heavy atom. The van der Waals surface area contributed by atoms with E-state index in [1.165, 1.54) is 0 Å². The van der Waals surface area contributed by atoms with Crippen molar-refractivity contribution in [1.82, 2.24) is 5.32 Å². The van der Waals surface area contributed by atoms with E-state index >= 15 is 0 Å². The van der Waals surface area contributed by atoms with Crippen LogP contribution in [0.2, 0.25) is 5.54 Å². The van der Waals surface area contributed by atoms with Crippen molar-refractivity contribution >= 4 is 8.80 Å². The maximum atomic E-state index is 5.40. The fourth-order valence-electron chi connectivity index (χ4n) is 1.58. The van der Waals surface area contributed by atoms with Crippen LogP contribution in [0.3, 0.4) is 0 Å². The normalized spacial score (nSPS) is 14.2. The van der Waals surface area contributed by atoms with Gasteiger partial charge in [0.05, 0.1) is 0 Å². The standard InChI is InChI=1S/C9H24N2O3Si/c1-9(5-7-11-8-6-10)15(12-2,13-3)14-4/h9,11H,5-8,10H2,1-4H3. The van der Waals surface area contributed by atoms with Gasteiger partial charge >= 0.3 is 8.80 Å². The van der Waals surface area contributed by atoms with Crippen LogP contribution >= 0.6 is 0 Å². The molecule has 0 radical (unpaired) electrons. The van der Waals surface area contributed by atoms with Crippen LogP contribution in [0.15, 0.2) is 0 Å². The molecule has 5 nitrogen and oxygen atoms in total. The highest BCUT2D eigenvalue weighted by Crippen LogP contribution is 2.26. The number of nitrogens with two attached hydrogens (primary N) is 1. The average molecular weight is 236 g/mol. The molecule has 0 aliphatic rings. The molecule has 0 aromatic rings. The minimum atomic E-state index is -2.45. The van der Waals surface area contributed by atoms with E-state index in [2.05, 4.69) is 12.2 Å². The Labute approximate surface area is 93.6 Å². The molecule has 6 heteroatoms. The summed E-state index contributed by atoms with van der Waals surface area (Å²) in [6.45, 7) is 4.50. The lowest BCUT2D eigenvalue weighted by atomic mass is 10.3. The summed E-state index contributed by atoms with van der Waals surface area (Å²) in [5.74, 6) is 0. The van der Waals surface area contributed by atoms with Gasteiger partial charge in [-0.15, -0.1) is 0 Å². The Bertz CT molecular complexity index is 148. The molecule has 0 aromatic carbocycles. The van der Waals surface area contributed by atoms with Crippen LogP contribution in [-0.4, -0.2) is 49.8 Å². The van der Waals surface area contributed by atoms with Gasteiger partial charge in [-0.1, -0.05) is 6.92 Å². The number of rotatable bonds is 9. The topological polar surface area (TPSA) is 65.7 Å². The molecular weight excluding hydrogens is 212 g/mol. The van der Waals surface area contributed by atoms with E-state index in [-0.39, 0.29) is 5.54 Å². The van der Waals surface area contributed by atoms with Crippen LogP contribution < -0.4 is 11.1 Å². The van der Waals surface area contributed by atoms with Crippen molar-refractivity contribution < 1.29 is 13.3 Å². The number of hydrogen-bond acceptors (Lipinski definition) is 5. The first-order chi connectivity index (χ1) is 7.16. The van der Waals surface area contributed by atoms with Gasteiger partial charge in [0.1, 0.15) is 0 Å². The second-order valence-electron chi connectivity index (χ2n) is 3.44. The summed E-state index contributed by atoms with van der Waals surface area (Å²) in [6, 6.07) is 0. The van der Waals surface area contributed by atoms with Crippen molar-refractivity contribution in [2.24, 2.45) is 5.73 Å². The van der Waals surface area contributed by atoms with Crippen LogP contribution in [0.25, 0.3) is 0 Å². The van der Waals surface area contributed by atoms with Crippen molar-refractivity contribution in [3.05, 3.63) is 0 Å². The Hall–Kier alpha value is 0.0169. The Morgan fingerprint density at radius 3 is 2.07 bits per heavy atom. The van der Waals surface area contributed by atoms with E-state index in [9.17, 15) is 0 Å². The Morgan fingerprint density at radius 2 is 1.67 bits per heavy atom. The molecule has 0 rings (SSSR count). The van der Waals surface area contributed by atoms with Crippen LogP contribution in [-0.2, 0) is 13.3 Å². The Kier molecular flexibility index (Phi) is 8.21. The zero-order valence-electron chi connectivity index (χ0n) is 10.2. The molecule has 0 aliphatic carbocycles. The second-order valence-corrected chi connectivity index (χ2v) is 6.86. The van der Waals surface area contributed by atoms with Crippen molar-refractivity contribution in [3.63, 3.8) is 0 Å². The Balaban J connectivity index is 3.97. The molecule has 0 spiro atoms. The largest absolute Gasteiger partial charge is 0.503 e. The predicted molar refractivity (Wildman–Crippen MR) is 62.7 cm³/mol. The van der Waals surface area contributed by atoms with E-state index in [0.29, 0.717) is 6.54 Å². The summed E-state index contributed by atoms with van der Waals surface area (Å²) < 4.78 is 16.2. The van der Waals surface area contributed by atoms with E-state index in [1.54, 1.807) is 21.3 Å². The predicted octanol–water partition coefficient (Wildman–Crippen LogP) is 0.193. The third-order valence-electron chi connectivity index (χ3n) is 2.53. The molecule has 0 amide bonds. The minimum Gasteiger partial charge on any atom is -0.377 e. The monoisotopic (exact) mass is 236 g/mol. The third-order valence-corrected chi connectivity index (χ3v) is 5.74. The molecule has 0 fully saturated rings. The first-order valence-corrected chi connectivity index (χ1v) is 7.03. The van der Waals surface area contributed by atoms with Gasteiger partial charge in [-0.25, -0.2) is 0 Å². The SMILES string of the molecule is CO[Si](OC)(OC)C(C)CCNCCN. The zero-order chi connectivity index (χ0) is 11.7. The first-order valence-electron chi connectivity index (χ1n) is 5.23. The van der Waals surface area contributed by atoms with E-state index in [4.69, 9.17) is 19.0 Å². The lowest BCUT2D eigenvalue weighted by molar-refractivity contribution is 0.112. The molecule has 0 saturated carbocycles. The molecule has 3 N–H and O–H groups in total. The maximum Gasteiger partial charge on any atom is 0.503 e. The van der Waals surface area contributed by atoms with Gasteiger partial charge in [0, 0.05) is 40.0 Å². The smallest absolute Gasteiger partial charge is 0.377 e.